The molecule has 0 atom stereocenters. The molecule has 100 valence electrons. The van der Waals surface area contributed by atoms with E-state index in [0.29, 0.717) is 0 Å². The number of para-hydroxylation sites is 1. The summed E-state index contributed by atoms with van der Waals surface area (Å²) in [5, 5.41) is 2.22. The van der Waals surface area contributed by atoms with Crippen LogP contribution in [0.15, 0.2) is 24.3 Å². The van der Waals surface area contributed by atoms with Gasteiger partial charge in [0, 0.05) is 5.56 Å². The van der Waals surface area contributed by atoms with Crippen LogP contribution in [0.5, 0.6) is 0 Å². The first-order valence-electron chi connectivity index (χ1n) is 5.59. The number of carbonyl (C=O) groups excluding carboxylic acids is 4. The lowest BCUT2D eigenvalue weighted by atomic mass is 10.1. The number of ether oxygens (including phenoxy) is 1. The second-order valence-electron chi connectivity index (χ2n) is 3.61. The average Bonchev–Trinajstić information content (AvgIpc) is 2.38. The third-order valence-electron chi connectivity index (χ3n) is 2.22. The molecular formula is C13H13NO5. The topological polar surface area (TPSA) is 89.5 Å². The number of Topliss-reactive ketones (excluding diaryl/α,β-unsaturated/α-hetero) is 2. The second kappa shape index (κ2) is 6.44. The van der Waals surface area contributed by atoms with E-state index in [2.05, 4.69) is 10.1 Å². The standard InChI is InChI=1S/C13H13NO5/c1-3-19-13(18)11(16)12(17)14-10-7-5-4-6-9(10)8(2)15/h4-7H,3H2,1-2H3,(H,14,17). The predicted molar refractivity (Wildman–Crippen MR) is 66.7 cm³/mol. The number of nitrogens with one attached hydrogen (secondary N) is 1. The molecule has 0 heterocycles. The Kier molecular flexibility index (Phi) is 4.93. The highest BCUT2D eigenvalue weighted by Crippen LogP contribution is 2.15. The maximum atomic E-state index is 11.5. The van der Waals surface area contributed by atoms with E-state index in [-0.39, 0.29) is 23.6 Å². The maximum Gasteiger partial charge on any atom is 0.384 e. The Morgan fingerprint density at radius 1 is 1.16 bits per heavy atom. The summed E-state index contributed by atoms with van der Waals surface area (Å²) in [6, 6.07) is 6.19. The van der Waals surface area contributed by atoms with Gasteiger partial charge in [-0.05, 0) is 26.0 Å². The molecule has 0 aliphatic carbocycles. The van der Waals surface area contributed by atoms with Crippen molar-refractivity contribution in [3.8, 4) is 0 Å². The average molecular weight is 263 g/mol. The molecule has 0 aliphatic rings. The van der Waals surface area contributed by atoms with Gasteiger partial charge in [-0.3, -0.25) is 14.4 Å². The molecule has 0 fully saturated rings. The van der Waals surface area contributed by atoms with Crippen LogP contribution >= 0.6 is 0 Å². The molecule has 1 aromatic rings. The SMILES string of the molecule is CCOC(=O)C(=O)C(=O)Nc1ccccc1C(C)=O. The Morgan fingerprint density at radius 2 is 1.79 bits per heavy atom. The van der Waals surface area contributed by atoms with Crippen molar-refractivity contribution in [1.82, 2.24) is 0 Å². The molecule has 0 saturated heterocycles. The number of hydrogen-bond donors (Lipinski definition) is 1. The van der Waals surface area contributed by atoms with Crippen molar-refractivity contribution >= 4 is 29.1 Å². The second-order valence-corrected chi connectivity index (χ2v) is 3.61. The number of amides is 1. The van der Waals surface area contributed by atoms with E-state index in [1.807, 2.05) is 0 Å². The minimum Gasteiger partial charge on any atom is -0.460 e. The third-order valence-corrected chi connectivity index (χ3v) is 2.22. The summed E-state index contributed by atoms with van der Waals surface area (Å²) in [5.74, 6) is -3.92. The summed E-state index contributed by atoms with van der Waals surface area (Å²) in [6.45, 7) is 2.86. The van der Waals surface area contributed by atoms with Crippen LogP contribution in [-0.4, -0.2) is 30.0 Å². The smallest absolute Gasteiger partial charge is 0.384 e. The van der Waals surface area contributed by atoms with E-state index in [4.69, 9.17) is 0 Å². The van der Waals surface area contributed by atoms with Crippen LogP contribution in [0.2, 0.25) is 0 Å². The van der Waals surface area contributed by atoms with Crippen LogP contribution in [0.25, 0.3) is 0 Å². The maximum absolute atomic E-state index is 11.5. The Morgan fingerprint density at radius 3 is 2.37 bits per heavy atom. The zero-order chi connectivity index (χ0) is 14.4. The zero-order valence-corrected chi connectivity index (χ0v) is 10.6. The van der Waals surface area contributed by atoms with E-state index in [9.17, 15) is 19.2 Å². The van der Waals surface area contributed by atoms with Crippen molar-refractivity contribution in [3.05, 3.63) is 29.8 Å². The monoisotopic (exact) mass is 263 g/mol. The molecule has 0 saturated carbocycles. The lowest BCUT2D eigenvalue weighted by Gasteiger charge is -2.07. The van der Waals surface area contributed by atoms with E-state index >= 15 is 0 Å². The van der Waals surface area contributed by atoms with Crippen LogP contribution in [0.4, 0.5) is 5.69 Å². The van der Waals surface area contributed by atoms with Gasteiger partial charge in [-0.25, -0.2) is 4.79 Å². The number of ketones is 2. The van der Waals surface area contributed by atoms with Crippen molar-refractivity contribution in [2.24, 2.45) is 0 Å². The largest absolute Gasteiger partial charge is 0.460 e. The molecule has 1 aromatic carbocycles. The predicted octanol–water partition coefficient (Wildman–Crippen LogP) is 0.960. The molecule has 0 spiro atoms. The summed E-state index contributed by atoms with van der Waals surface area (Å²) in [7, 11) is 0. The van der Waals surface area contributed by atoms with Crippen LogP contribution < -0.4 is 5.32 Å². The molecule has 1 N–H and O–H groups in total. The molecule has 6 nitrogen and oxygen atoms in total. The van der Waals surface area contributed by atoms with Gasteiger partial charge in [0.05, 0.1) is 12.3 Å². The third kappa shape index (κ3) is 3.74. The van der Waals surface area contributed by atoms with Crippen LogP contribution in [0.3, 0.4) is 0 Å². The fourth-order valence-corrected chi connectivity index (χ4v) is 1.37. The summed E-state index contributed by atoms with van der Waals surface area (Å²) in [4.78, 5) is 45.3. The van der Waals surface area contributed by atoms with Gasteiger partial charge < -0.3 is 10.1 Å². The van der Waals surface area contributed by atoms with Gasteiger partial charge in [-0.15, -0.1) is 0 Å². The van der Waals surface area contributed by atoms with E-state index < -0.39 is 17.7 Å². The number of esters is 1. The number of benzene rings is 1. The van der Waals surface area contributed by atoms with Crippen LogP contribution in [-0.2, 0) is 19.1 Å². The van der Waals surface area contributed by atoms with Gasteiger partial charge >= 0.3 is 17.7 Å². The fraction of sp³-hybridized carbons (Fsp3) is 0.231. The number of anilines is 1. The van der Waals surface area contributed by atoms with Crippen molar-refractivity contribution < 1.29 is 23.9 Å². The van der Waals surface area contributed by atoms with Gasteiger partial charge in [0.25, 0.3) is 0 Å². The highest BCUT2D eigenvalue weighted by molar-refractivity contribution is 6.63. The highest BCUT2D eigenvalue weighted by atomic mass is 16.5. The molecule has 0 aliphatic heterocycles. The molecule has 1 rings (SSSR count). The zero-order valence-electron chi connectivity index (χ0n) is 10.6. The molecule has 0 aromatic heterocycles. The Hall–Kier alpha value is -2.50. The lowest BCUT2D eigenvalue weighted by molar-refractivity contribution is -0.155. The number of rotatable bonds is 5. The van der Waals surface area contributed by atoms with E-state index in [1.165, 1.54) is 26.0 Å². The highest BCUT2D eigenvalue weighted by Gasteiger charge is 2.25. The van der Waals surface area contributed by atoms with Gasteiger partial charge in [0.1, 0.15) is 0 Å². The quantitative estimate of drug-likeness (QED) is 0.370. The molecule has 0 unspecified atom stereocenters. The molecular weight excluding hydrogens is 250 g/mol. The summed E-state index contributed by atoms with van der Waals surface area (Å²) < 4.78 is 4.42. The Balaban J connectivity index is 2.86. The minimum absolute atomic E-state index is 0.00187. The molecule has 1 amide bonds. The molecule has 0 radical (unpaired) electrons. The van der Waals surface area contributed by atoms with Gasteiger partial charge in [-0.2, -0.15) is 0 Å². The first-order valence-corrected chi connectivity index (χ1v) is 5.59. The van der Waals surface area contributed by atoms with Gasteiger partial charge in [0.2, 0.25) is 0 Å². The number of carbonyl (C=O) groups is 4. The normalized spacial score (nSPS) is 9.58. The Bertz CT molecular complexity index is 536. The van der Waals surface area contributed by atoms with Crippen molar-refractivity contribution in [3.63, 3.8) is 0 Å². The summed E-state index contributed by atoms with van der Waals surface area (Å²) in [6.07, 6.45) is 0. The van der Waals surface area contributed by atoms with Crippen molar-refractivity contribution in [2.45, 2.75) is 13.8 Å². The minimum atomic E-state index is -1.31. The van der Waals surface area contributed by atoms with E-state index in [0.717, 1.165) is 0 Å². The first-order chi connectivity index (χ1) is 8.97. The summed E-state index contributed by atoms with van der Waals surface area (Å²) >= 11 is 0. The summed E-state index contributed by atoms with van der Waals surface area (Å²) in [5.41, 5.74) is 0.435. The molecule has 19 heavy (non-hydrogen) atoms. The lowest BCUT2D eigenvalue weighted by Crippen LogP contribution is -2.31. The number of hydrogen-bond acceptors (Lipinski definition) is 5. The van der Waals surface area contributed by atoms with Gasteiger partial charge in [0.15, 0.2) is 5.78 Å². The first kappa shape index (κ1) is 14.6. The van der Waals surface area contributed by atoms with Gasteiger partial charge in [-0.1, -0.05) is 12.1 Å². The fourth-order valence-electron chi connectivity index (χ4n) is 1.37. The van der Waals surface area contributed by atoms with E-state index in [1.54, 1.807) is 12.1 Å². The van der Waals surface area contributed by atoms with Crippen LogP contribution in [0, 0.1) is 0 Å². The van der Waals surface area contributed by atoms with Crippen LogP contribution in [0.1, 0.15) is 24.2 Å². The molecule has 0 bridgehead atoms. The van der Waals surface area contributed by atoms with Crippen molar-refractivity contribution in [1.29, 1.82) is 0 Å². The Labute approximate surface area is 109 Å². The van der Waals surface area contributed by atoms with Crippen molar-refractivity contribution in [2.75, 3.05) is 11.9 Å². The molecule has 6 heteroatoms.